The largest absolute Gasteiger partial charge is 0.305 e. The number of fused-ring (bicyclic) bond motifs is 1. The maximum Gasteiger partial charge on any atom is 0.192 e. The van der Waals surface area contributed by atoms with Gasteiger partial charge in [0.05, 0.1) is 0 Å². The highest BCUT2D eigenvalue weighted by Gasteiger charge is 2.23. The molecule has 0 aliphatic rings. The monoisotopic (exact) mass is 473 g/mol. The first-order chi connectivity index (χ1) is 13.9. The van der Waals surface area contributed by atoms with E-state index in [-0.39, 0.29) is 11.3 Å². The fourth-order valence-electron chi connectivity index (χ4n) is 3.14. The van der Waals surface area contributed by atoms with Gasteiger partial charge in [-0.2, -0.15) is 10.4 Å². The molecule has 29 heavy (non-hydrogen) atoms. The fraction of sp³-hybridized carbons (Fsp3) is 0.150. The minimum Gasteiger partial charge on any atom is -0.305 e. The highest BCUT2D eigenvalue weighted by molar-refractivity contribution is 9.10. The van der Waals surface area contributed by atoms with Gasteiger partial charge in [0.1, 0.15) is 33.8 Å². The first kappa shape index (κ1) is 19.5. The molecule has 0 spiro atoms. The Balaban J connectivity index is 1.87. The molecular formula is C20H14BrF2N5S. The SMILES string of the molecule is CCn1nc2c(F)cc(Br)cc2c1N(C)c1nc(-c2ccc(F)cc2)c(C#N)s1. The van der Waals surface area contributed by atoms with Gasteiger partial charge >= 0.3 is 0 Å². The summed E-state index contributed by atoms with van der Waals surface area (Å²) < 4.78 is 30.0. The van der Waals surface area contributed by atoms with Gasteiger partial charge in [-0.1, -0.05) is 27.3 Å². The molecule has 0 amide bonds. The average molecular weight is 474 g/mol. The zero-order valence-electron chi connectivity index (χ0n) is 15.4. The van der Waals surface area contributed by atoms with Crippen molar-refractivity contribution in [3.8, 4) is 17.3 Å². The molecule has 4 rings (SSSR count). The van der Waals surface area contributed by atoms with Crippen LogP contribution in [0.25, 0.3) is 22.2 Å². The van der Waals surface area contributed by atoms with Gasteiger partial charge in [0.15, 0.2) is 10.9 Å². The van der Waals surface area contributed by atoms with Crippen LogP contribution in [0.3, 0.4) is 0 Å². The van der Waals surface area contributed by atoms with Gasteiger partial charge in [-0.05, 0) is 43.3 Å². The second kappa shape index (κ2) is 7.54. The van der Waals surface area contributed by atoms with Crippen LogP contribution in [0.1, 0.15) is 11.8 Å². The van der Waals surface area contributed by atoms with Gasteiger partial charge in [0, 0.05) is 29.0 Å². The van der Waals surface area contributed by atoms with Crippen molar-refractivity contribution in [2.75, 3.05) is 11.9 Å². The van der Waals surface area contributed by atoms with E-state index >= 15 is 0 Å². The summed E-state index contributed by atoms with van der Waals surface area (Å²) in [5.41, 5.74) is 1.41. The van der Waals surface area contributed by atoms with Crippen LogP contribution in [-0.4, -0.2) is 21.8 Å². The number of nitriles is 1. The molecule has 0 bridgehead atoms. The highest BCUT2D eigenvalue weighted by Crippen LogP contribution is 2.38. The van der Waals surface area contributed by atoms with Crippen LogP contribution in [0.2, 0.25) is 0 Å². The number of thiazole rings is 1. The lowest BCUT2D eigenvalue weighted by Gasteiger charge is -2.17. The number of hydrogen-bond donors (Lipinski definition) is 0. The van der Waals surface area contributed by atoms with E-state index in [0.29, 0.717) is 43.5 Å². The van der Waals surface area contributed by atoms with E-state index in [1.807, 2.05) is 13.0 Å². The Hall–Kier alpha value is -2.83. The van der Waals surface area contributed by atoms with Gasteiger partial charge in [0.25, 0.3) is 0 Å². The Bertz CT molecular complexity index is 1260. The third-order valence-corrected chi connectivity index (χ3v) is 5.97. The van der Waals surface area contributed by atoms with E-state index in [4.69, 9.17) is 0 Å². The number of aromatic nitrogens is 3. The van der Waals surface area contributed by atoms with E-state index < -0.39 is 5.82 Å². The lowest BCUT2D eigenvalue weighted by Crippen LogP contribution is -2.15. The maximum atomic E-state index is 14.4. The van der Waals surface area contributed by atoms with Gasteiger partial charge in [0.2, 0.25) is 0 Å². The molecule has 0 unspecified atom stereocenters. The van der Waals surface area contributed by atoms with E-state index in [0.717, 1.165) is 0 Å². The number of hydrogen-bond acceptors (Lipinski definition) is 5. The molecule has 0 atom stereocenters. The zero-order chi connectivity index (χ0) is 20.7. The Labute approximate surface area is 178 Å². The summed E-state index contributed by atoms with van der Waals surface area (Å²) in [4.78, 5) is 6.83. The molecule has 0 N–H and O–H groups in total. The van der Waals surface area contributed by atoms with Crippen LogP contribution in [0.4, 0.5) is 19.7 Å². The van der Waals surface area contributed by atoms with E-state index in [9.17, 15) is 14.0 Å². The van der Waals surface area contributed by atoms with E-state index in [1.165, 1.54) is 29.5 Å². The van der Waals surface area contributed by atoms with Crippen LogP contribution in [0.15, 0.2) is 40.9 Å². The molecular weight excluding hydrogens is 460 g/mol. The van der Waals surface area contributed by atoms with Gasteiger partial charge in [-0.3, -0.25) is 0 Å². The Morgan fingerprint density at radius 1 is 1.24 bits per heavy atom. The zero-order valence-corrected chi connectivity index (χ0v) is 17.9. The number of benzene rings is 2. The molecule has 0 aliphatic heterocycles. The maximum absolute atomic E-state index is 14.4. The summed E-state index contributed by atoms with van der Waals surface area (Å²) in [6.07, 6.45) is 0. The molecule has 0 radical (unpaired) electrons. The molecule has 0 saturated heterocycles. The fourth-order valence-corrected chi connectivity index (χ4v) is 4.42. The van der Waals surface area contributed by atoms with Crippen molar-refractivity contribution in [3.05, 3.63) is 57.4 Å². The average Bonchev–Trinajstić information content (AvgIpc) is 3.29. The van der Waals surface area contributed by atoms with Crippen molar-refractivity contribution < 1.29 is 8.78 Å². The highest BCUT2D eigenvalue weighted by atomic mass is 79.9. The molecule has 2 heterocycles. The number of halogens is 3. The number of anilines is 2. The third-order valence-electron chi connectivity index (χ3n) is 4.47. The number of aryl methyl sites for hydroxylation is 1. The van der Waals surface area contributed by atoms with Crippen molar-refractivity contribution in [1.82, 2.24) is 14.8 Å². The summed E-state index contributed by atoms with van der Waals surface area (Å²) in [6.45, 7) is 2.45. The third kappa shape index (κ3) is 3.39. The Kier molecular flexibility index (Phi) is 5.06. The topological polar surface area (TPSA) is 57.7 Å². The molecule has 9 heteroatoms. The quantitative estimate of drug-likeness (QED) is 0.372. The second-order valence-electron chi connectivity index (χ2n) is 6.28. The summed E-state index contributed by atoms with van der Waals surface area (Å²) >= 11 is 4.55. The molecule has 2 aromatic carbocycles. The summed E-state index contributed by atoms with van der Waals surface area (Å²) in [5.74, 6) is -0.0996. The van der Waals surface area contributed by atoms with Crippen LogP contribution in [0, 0.1) is 23.0 Å². The molecule has 0 fully saturated rings. The van der Waals surface area contributed by atoms with Crippen LogP contribution < -0.4 is 4.90 Å². The Morgan fingerprint density at radius 3 is 2.62 bits per heavy atom. The van der Waals surface area contributed by atoms with Gasteiger partial charge in [-0.15, -0.1) is 0 Å². The molecule has 4 aromatic rings. The summed E-state index contributed by atoms with van der Waals surface area (Å²) in [7, 11) is 1.80. The van der Waals surface area contributed by atoms with Gasteiger partial charge in [-0.25, -0.2) is 18.4 Å². The lowest BCUT2D eigenvalue weighted by atomic mass is 10.1. The van der Waals surface area contributed by atoms with E-state index in [1.54, 1.807) is 28.8 Å². The van der Waals surface area contributed by atoms with Crippen LogP contribution in [-0.2, 0) is 6.54 Å². The molecule has 0 aliphatic carbocycles. The minimum absolute atomic E-state index is 0.271. The summed E-state index contributed by atoms with van der Waals surface area (Å²) in [5, 5.41) is 15.1. The summed E-state index contributed by atoms with van der Waals surface area (Å²) in [6, 6.07) is 11.2. The predicted molar refractivity (Wildman–Crippen MR) is 113 cm³/mol. The van der Waals surface area contributed by atoms with Crippen molar-refractivity contribution in [1.29, 1.82) is 5.26 Å². The number of rotatable bonds is 4. The van der Waals surface area contributed by atoms with Crippen molar-refractivity contribution in [2.45, 2.75) is 13.5 Å². The molecule has 5 nitrogen and oxygen atoms in total. The smallest absolute Gasteiger partial charge is 0.192 e. The predicted octanol–water partition coefficient (Wildman–Crippen LogP) is 5.86. The Morgan fingerprint density at radius 2 is 1.97 bits per heavy atom. The van der Waals surface area contributed by atoms with Crippen molar-refractivity contribution >= 4 is 49.1 Å². The van der Waals surface area contributed by atoms with Gasteiger partial charge < -0.3 is 4.90 Å². The normalized spacial score (nSPS) is 11.0. The van der Waals surface area contributed by atoms with Crippen LogP contribution >= 0.6 is 27.3 Å². The molecule has 146 valence electrons. The van der Waals surface area contributed by atoms with Crippen molar-refractivity contribution in [2.24, 2.45) is 0 Å². The number of nitrogens with zero attached hydrogens (tertiary/aromatic N) is 5. The minimum atomic E-state index is -0.417. The molecule has 0 saturated carbocycles. The first-order valence-electron chi connectivity index (χ1n) is 8.69. The first-order valence-corrected chi connectivity index (χ1v) is 10.3. The van der Waals surface area contributed by atoms with Crippen LogP contribution in [0.5, 0.6) is 0 Å². The lowest BCUT2D eigenvalue weighted by molar-refractivity contribution is 0.622. The molecule has 2 aromatic heterocycles. The second-order valence-corrected chi connectivity index (χ2v) is 8.17. The standard InChI is InChI=1S/C20H14BrF2N5S/c1-3-28-19(14-8-12(21)9-15(23)18(14)26-28)27(2)20-25-17(16(10-24)29-20)11-4-6-13(22)7-5-11/h4-9H,3H2,1-2H3. The van der Waals surface area contributed by atoms with E-state index in [2.05, 4.69) is 32.1 Å². The van der Waals surface area contributed by atoms with Crippen molar-refractivity contribution in [3.63, 3.8) is 0 Å².